The van der Waals surface area contributed by atoms with Gasteiger partial charge in [0.1, 0.15) is 12.4 Å². The van der Waals surface area contributed by atoms with Crippen molar-refractivity contribution in [2.24, 2.45) is 0 Å². The standard InChI is InChI=1S/C11H16N6O/c1-7-11(12)8(2)17(16-7)6-10(18)15-5-9-13-3-4-14-9/h3-4H,5-6,12H2,1-2H3,(H,13,14)(H,15,18). The Morgan fingerprint density at radius 2 is 2.33 bits per heavy atom. The molecule has 0 saturated heterocycles. The highest BCUT2D eigenvalue weighted by Gasteiger charge is 2.11. The number of nitrogens with two attached hydrogens (primary N) is 1. The van der Waals surface area contributed by atoms with Crippen molar-refractivity contribution in [1.82, 2.24) is 25.1 Å². The predicted octanol–water partition coefficient (Wildman–Crippen LogP) is 0.122. The zero-order chi connectivity index (χ0) is 13.1. The van der Waals surface area contributed by atoms with E-state index in [4.69, 9.17) is 5.73 Å². The summed E-state index contributed by atoms with van der Waals surface area (Å²) in [5.41, 5.74) is 7.98. The van der Waals surface area contributed by atoms with Gasteiger partial charge in [0.05, 0.1) is 23.6 Å². The Morgan fingerprint density at radius 3 is 2.89 bits per heavy atom. The first-order valence-electron chi connectivity index (χ1n) is 5.62. The zero-order valence-corrected chi connectivity index (χ0v) is 10.4. The van der Waals surface area contributed by atoms with E-state index in [0.29, 0.717) is 12.2 Å². The summed E-state index contributed by atoms with van der Waals surface area (Å²) in [7, 11) is 0. The number of nitrogen functional groups attached to an aromatic ring is 1. The molecule has 1 amide bonds. The molecule has 4 N–H and O–H groups in total. The summed E-state index contributed by atoms with van der Waals surface area (Å²) in [6, 6.07) is 0. The molecule has 7 heteroatoms. The van der Waals surface area contributed by atoms with Crippen molar-refractivity contribution < 1.29 is 4.79 Å². The van der Waals surface area contributed by atoms with Gasteiger partial charge in [-0.1, -0.05) is 0 Å². The molecule has 0 aliphatic carbocycles. The van der Waals surface area contributed by atoms with Gasteiger partial charge in [-0.15, -0.1) is 0 Å². The van der Waals surface area contributed by atoms with E-state index in [1.54, 1.807) is 17.1 Å². The highest BCUT2D eigenvalue weighted by atomic mass is 16.2. The van der Waals surface area contributed by atoms with Gasteiger partial charge in [-0.05, 0) is 13.8 Å². The van der Waals surface area contributed by atoms with Gasteiger partial charge in [-0.25, -0.2) is 4.98 Å². The maximum atomic E-state index is 11.7. The van der Waals surface area contributed by atoms with E-state index in [-0.39, 0.29) is 12.5 Å². The summed E-state index contributed by atoms with van der Waals surface area (Å²) in [4.78, 5) is 18.7. The SMILES string of the molecule is Cc1nn(CC(=O)NCc2ncc[nH]2)c(C)c1N. The minimum absolute atomic E-state index is 0.128. The molecule has 18 heavy (non-hydrogen) atoms. The van der Waals surface area contributed by atoms with E-state index in [2.05, 4.69) is 20.4 Å². The van der Waals surface area contributed by atoms with E-state index in [0.717, 1.165) is 17.2 Å². The number of carbonyl (C=O) groups excluding carboxylic acids is 1. The highest BCUT2D eigenvalue weighted by Crippen LogP contribution is 2.14. The van der Waals surface area contributed by atoms with Crippen molar-refractivity contribution in [2.45, 2.75) is 26.9 Å². The Morgan fingerprint density at radius 1 is 1.56 bits per heavy atom. The molecule has 2 aromatic rings. The largest absolute Gasteiger partial charge is 0.396 e. The Balaban J connectivity index is 1.93. The van der Waals surface area contributed by atoms with Crippen molar-refractivity contribution >= 4 is 11.6 Å². The first-order valence-corrected chi connectivity index (χ1v) is 5.62. The molecule has 0 aliphatic rings. The number of rotatable bonds is 4. The number of carbonyl (C=O) groups is 1. The van der Waals surface area contributed by atoms with E-state index < -0.39 is 0 Å². The van der Waals surface area contributed by atoms with Crippen LogP contribution in [0.5, 0.6) is 0 Å². The van der Waals surface area contributed by atoms with Crippen LogP contribution < -0.4 is 11.1 Å². The Kier molecular flexibility index (Phi) is 3.31. The molecule has 0 aromatic carbocycles. The van der Waals surface area contributed by atoms with Crippen LogP contribution in [0.3, 0.4) is 0 Å². The molecule has 2 heterocycles. The van der Waals surface area contributed by atoms with E-state index in [1.165, 1.54) is 0 Å². The number of H-pyrrole nitrogens is 1. The Bertz CT molecular complexity index is 542. The van der Waals surface area contributed by atoms with Gasteiger partial charge in [0.25, 0.3) is 0 Å². The molecule has 96 valence electrons. The Labute approximate surface area is 104 Å². The van der Waals surface area contributed by atoms with E-state index >= 15 is 0 Å². The average Bonchev–Trinajstić information content (AvgIpc) is 2.93. The van der Waals surface area contributed by atoms with Crippen LogP contribution in [-0.2, 0) is 17.9 Å². The van der Waals surface area contributed by atoms with Gasteiger partial charge >= 0.3 is 0 Å². The molecule has 0 aliphatic heterocycles. The lowest BCUT2D eigenvalue weighted by atomic mass is 10.3. The number of nitrogens with zero attached hydrogens (tertiary/aromatic N) is 3. The first-order chi connectivity index (χ1) is 8.58. The summed E-state index contributed by atoms with van der Waals surface area (Å²) in [5, 5.41) is 6.96. The third-order valence-corrected chi connectivity index (χ3v) is 2.74. The number of imidazole rings is 1. The van der Waals surface area contributed by atoms with Gasteiger partial charge in [-0.3, -0.25) is 9.48 Å². The maximum Gasteiger partial charge on any atom is 0.242 e. The van der Waals surface area contributed by atoms with Crippen LogP contribution in [0.2, 0.25) is 0 Å². The fourth-order valence-corrected chi connectivity index (χ4v) is 1.63. The van der Waals surface area contributed by atoms with Crippen LogP contribution in [0, 0.1) is 13.8 Å². The fraction of sp³-hybridized carbons (Fsp3) is 0.364. The fourth-order valence-electron chi connectivity index (χ4n) is 1.63. The van der Waals surface area contributed by atoms with Crippen LogP contribution in [0.15, 0.2) is 12.4 Å². The summed E-state index contributed by atoms with van der Waals surface area (Å²) >= 11 is 0. The first kappa shape index (κ1) is 12.2. The lowest BCUT2D eigenvalue weighted by Crippen LogP contribution is -2.28. The Hall–Kier alpha value is -2.31. The van der Waals surface area contributed by atoms with Crippen molar-refractivity contribution in [2.75, 3.05) is 5.73 Å². The second-order valence-electron chi connectivity index (χ2n) is 4.05. The van der Waals surface area contributed by atoms with Crippen molar-refractivity contribution in [3.8, 4) is 0 Å². The topological polar surface area (TPSA) is 102 Å². The molecule has 2 aromatic heterocycles. The summed E-state index contributed by atoms with van der Waals surface area (Å²) in [5.74, 6) is 0.591. The van der Waals surface area contributed by atoms with Gasteiger partial charge in [-0.2, -0.15) is 5.10 Å². The van der Waals surface area contributed by atoms with Gasteiger partial charge in [0, 0.05) is 12.4 Å². The lowest BCUT2D eigenvalue weighted by Gasteiger charge is -2.05. The van der Waals surface area contributed by atoms with Gasteiger partial charge in [0.15, 0.2) is 0 Å². The number of hydrogen-bond donors (Lipinski definition) is 3. The number of anilines is 1. The normalized spacial score (nSPS) is 10.6. The summed E-state index contributed by atoms with van der Waals surface area (Å²) in [6.07, 6.45) is 3.35. The van der Waals surface area contributed by atoms with Crippen molar-refractivity contribution in [3.05, 3.63) is 29.6 Å². The molecule has 7 nitrogen and oxygen atoms in total. The van der Waals surface area contributed by atoms with Crippen LogP contribution in [0.1, 0.15) is 17.2 Å². The maximum absolute atomic E-state index is 11.7. The highest BCUT2D eigenvalue weighted by molar-refractivity contribution is 5.75. The molecule has 0 radical (unpaired) electrons. The number of aromatic amines is 1. The molecule has 0 saturated carbocycles. The number of aryl methyl sites for hydroxylation is 1. The van der Waals surface area contributed by atoms with Crippen LogP contribution >= 0.6 is 0 Å². The van der Waals surface area contributed by atoms with Gasteiger partial charge < -0.3 is 16.0 Å². The number of hydrogen-bond acceptors (Lipinski definition) is 4. The monoisotopic (exact) mass is 248 g/mol. The van der Waals surface area contributed by atoms with E-state index in [1.807, 2.05) is 13.8 Å². The van der Waals surface area contributed by atoms with Gasteiger partial charge in [0.2, 0.25) is 5.91 Å². The lowest BCUT2D eigenvalue weighted by molar-refractivity contribution is -0.122. The van der Waals surface area contributed by atoms with Crippen molar-refractivity contribution in [1.29, 1.82) is 0 Å². The molecule has 0 atom stereocenters. The minimum atomic E-state index is -0.128. The molecule has 0 fully saturated rings. The summed E-state index contributed by atoms with van der Waals surface area (Å²) < 4.78 is 1.60. The summed E-state index contributed by atoms with van der Waals surface area (Å²) in [6.45, 7) is 4.19. The van der Waals surface area contributed by atoms with Crippen LogP contribution in [0.25, 0.3) is 0 Å². The van der Waals surface area contributed by atoms with Crippen molar-refractivity contribution in [3.63, 3.8) is 0 Å². The molecule has 0 unspecified atom stereocenters. The molecule has 0 bridgehead atoms. The predicted molar refractivity (Wildman–Crippen MR) is 66.5 cm³/mol. The minimum Gasteiger partial charge on any atom is -0.396 e. The van der Waals surface area contributed by atoms with Crippen LogP contribution in [-0.4, -0.2) is 25.7 Å². The number of aromatic nitrogens is 4. The third kappa shape index (κ3) is 2.50. The molecular weight excluding hydrogens is 232 g/mol. The second kappa shape index (κ2) is 4.91. The van der Waals surface area contributed by atoms with Crippen LogP contribution in [0.4, 0.5) is 5.69 Å². The zero-order valence-electron chi connectivity index (χ0n) is 10.4. The van der Waals surface area contributed by atoms with E-state index in [9.17, 15) is 4.79 Å². The molecular formula is C11H16N6O. The molecule has 2 rings (SSSR count). The molecule has 0 spiro atoms. The number of amides is 1. The average molecular weight is 248 g/mol. The smallest absolute Gasteiger partial charge is 0.242 e. The third-order valence-electron chi connectivity index (χ3n) is 2.74. The number of nitrogens with one attached hydrogen (secondary N) is 2. The second-order valence-corrected chi connectivity index (χ2v) is 4.05. The quantitative estimate of drug-likeness (QED) is 0.715.